The Morgan fingerprint density at radius 3 is 2.60 bits per heavy atom. The molecule has 1 fully saturated rings. The molecule has 0 atom stereocenters. The van der Waals surface area contributed by atoms with Gasteiger partial charge in [0.1, 0.15) is 0 Å². The molecule has 0 amide bonds. The molecule has 1 aromatic rings. The van der Waals surface area contributed by atoms with Crippen molar-refractivity contribution in [1.29, 1.82) is 0 Å². The standard InChI is InChI=1S/C10H18N4O/c1-8(2)14-7-9(11)10(12-14)13-3-5-15-6-4-13/h7-8H,3-6,11H2,1-2H3. The lowest BCUT2D eigenvalue weighted by atomic mass is 10.4. The second-order valence-corrected chi connectivity index (χ2v) is 4.08. The van der Waals surface area contributed by atoms with Crippen molar-refractivity contribution in [2.45, 2.75) is 19.9 Å². The molecule has 1 aliphatic heterocycles. The third-order valence-corrected chi connectivity index (χ3v) is 2.58. The van der Waals surface area contributed by atoms with Crippen LogP contribution in [0.1, 0.15) is 19.9 Å². The molecule has 15 heavy (non-hydrogen) atoms. The first-order valence-corrected chi connectivity index (χ1v) is 5.36. The van der Waals surface area contributed by atoms with Crippen molar-refractivity contribution in [3.8, 4) is 0 Å². The lowest BCUT2D eigenvalue weighted by Crippen LogP contribution is -2.36. The summed E-state index contributed by atoms with van der Waals surface area (Å²) in [5.41, 5.74) is 6.70. The summed E-state index contributed by atoms with van der Waals surface area (Å²) >= 11 is 0. The molecule has 84 valence electrons. The summed E-state index contributed by atoms with van der Waals surface area (Å²) in [6, 6.07) is 0.349. The minimum atomic E-state index is 0.349. The first kappa shape index (κ1) is 10.3. The molecule has 1 saturated heterocycles. The van der Waals surface area contributed by atoms with Gasteiger partial charge in [0.15, 0.2) is 5.82 Å². The molecule has 2 rings (SSSR count). The number of hydrogen-bond acceptors (Lipinski definition) is 4. The van der Waals surface area contributed by atoms with Crippen LogP contribution in [0.3, 0.4) is 0 Å². The predicted octanol–water partition coefficient (Wildman–Crippen LogP) is 0.883. The molecule has 5 nitrogen and oxygen atoms in total. The van der Waals surface area contributed by atoms with E-state index in [9.17, 15) is 0 Å². The van der Waals surface area contributed by atoms with Gasteiger partial charge in [-0.3, -0.25) is 4.68 Å². The highest BCUT2D eigenvalue weighted by Crippen LogP contribution is 2.23. The van der Waals surface area contributed by atoms with Crippen molar-refractivity contribution in [3.63, 3.8) is 0 Å². The molecule has 0 aliphatic carbocycles. The van der Waals surface area contributed by atoms with E-state index in [1.807, 2.05) is 10.9 Å². The first-order chi connectivity index (χ1) is 7.18. The highest BCUT2D eigenvalue weighted by atomic mass is 16.5. The maximum Gasteiger partial charge on any atom is 0.174 e. The zero-order valence-electron chi connectivity index (χ0n) is 9.31. The van der Waals surface area contributed by atoms with Crippen LogP contribution in [-0.2, 0) is 4.74 Å². The lowest BCUT2D eigenvalue weighted by Gasteiger charge is -2.27. The van der Waals surface area contributed by atoms with Crippen LogP contribution >= 0.6 is 0 Å². The van der Waals surface area contributed by atoms with Crippen LogP contribution < -0.4 is 10.6 Å². The smallest absolute Gasteiger partial charge is 0.174 e. The van der Waals surface area contributed by atoms with Gasteiger partial charge in [0.2, 0.25) is 0 Å². The van der Waals surface area contributed by atoms with Gasteiger partial charge in [-0.2, -0.15) is 5.10 Å². The largest absolute Gasteiger partial charge is 0.394 e. The van der Waals surface area contributed by atoms with E-state index in [1.165, 1.54) is 0 Å². The molecule has 0 unspecified atom stereocenters. The third-order valence-electron chi connectivity index (χ3n) is 2.58. The van der Waals surface area contributed by atoms with Crippen molar-refractivity contribution >= 4 is 11.5 Å². The maximum atomic E-state index is 5.94. The molecule has 0 bridgehead atoms. The Morgan fingerprint density at radius 1 is 1.40 bits per heavy atom. The molecule has 0 aromatic carbocycles. The molecule has 0 spiro atoms. The number of morpholine rings is 1. The molecular formula is C10H18N4O. The van der Waals surface area contributed by atoms with Crippen molar-refractivity contribution in [2.75, 3.05) is 36.9 Å². The summed E-state index contributed by atoms with van der Waals surface area (Å²) in [6.07, 6.45) is 1.90. The van der Waals surface area contributed by atoms with Gasteiger partial charge in [0.25, 0.3) is 0 Å². The number of aromatic nitrogens is 2. The highest BCUT2D eigenvalue weighted by Gasteiger charge is 2.17. The number of hydrogen-bond donors (Lipinski definition) is 1. The van der Waals surface area contributed by atoms with E-state index in [4.69, 9.17) is 10.5 Å². The van der Waals surface area contributed by atoms with Crippen LogP contribution in [0.25, 0.3) is 0 Å². The average Bonchev–Trinajstić information content (AvgIpc) is 2.62. The van der Waals surface area contributed by atoms with Crippen LogP contribution in [0, 0.1) is 0 Å². The Labute approximate surface area is 89.8 Å². The van der Waals surface area contributed by atoms with Gasteiger partial charge < -0.3 is 15.4 Å². The van der Waals surface area contributed by atoms with Gasteiger partial charge in [-0.25, -0.2) is 0 Å². The SMILES string of the molecule is CC(C)n1cc(N)c(N2CCOCC2)n1. The highest BCUT2D eigenvalue weighted by molar-refractivity contribution is 5.61. The van der Waals surface area contributed by atoms with Crippen LogP contribution in [0.5, 0.6) is 0 Å². The van der Waals surface area contributed by atoms with Gasteiger partial charge in [-0.05, 0) is 13.8 Å². The number of nitrogens with zero attached hydrogens (tertiary/aromatic N) is 3. The summed E-state index contributed by atoms with van der Waals surface area (Å²) in [5, 5.41) is 4.50. The molecule has 5 heteroatoms. The fraction of sp³-hybridized carbons (Fsp3) is 0.700. The molecule has 1 aromatic heterocycles. The second kappa shape index (κ2) is 4.10. The van der Waals surface area contributed by atoms with Gasteiger partial charge in [0, 0.05) is 19.1 Å². The Balaban J connectivity index is 2.19. The van der Waals surface area contributed by atoms with Gasteiger partial charge in [-0.1, -0.05) is 0 Å². The van der Waals surface area contributed by atoms with Crippen molar-refractivity contribution in [3.05, 3.63) is 6.20 Å². The molecule has 0 radical (unpaired) electrons. The van der Waals surface area contributed by atoms with Crippen molar-refractivity contribution in [1.82, 2.24) is 9.78 Å². The minimum Gasteiger partial charge on any atom is -0.394 e. The van der Waals surface area contributed by atoms with Crippen LogP contribution in [0.4, 0.5) is 11.5 Å². The summed E-state index contributed by atoms with van der Waals surface area (Å²) in [7, 11) is 0. The average molecular weight is 210 g/mol. The first-order valence-electron chi connectivity index (χ1n) is 5.36. The molecular weight excluding hydrogens is 192 g/mol. The summed E-state index contributed by atoms with van der Waals surface area (Å²) in [4.78, 5) is 2.18. The molecule has 1 aliphatic rings. The van der Waals surface area contributed by atoms with Crippen LogP contribution in [0.15, 0.2) is 6.20 Å². The zero-order valence-corrected chi connectivity index (χ0v) is 9.31. The minimum absolute atomic E-state index is 0.349. The van der Waals surface area contributed by atoms with E-state index in [-0.39, 0.29) is 0 Å². The van der Waals surface area contributed by atoms with E-state index in [0.29, 0.717) is 6.04 Å². The summed E-state index contributed by atoms with van der Waals surface area (Å²) < 4.78 is 7.20. The number of anilines is 2. The summed E-state index contributed by atoms with van der Waals surface area (Å²) in [6.45, 7) is 7.45. The quantitative estimate of drug-likeness (QED) is 0.787. The second-order valence-electron chi connectivity index (χ2n) is 4.08. The molecule has 2 heterocycles. The Kier molecular flexibility index (Phi) is 2.81. The van der Waals surface area contributed by atoms with Gasteiger partial charge in [0.05, 0.1) is 25.1 Å². The molecule has 2 N–H and O–H groups in total. The van der Waals surface area contributed by atoms with Crippen LogP contribution in [0.2, 0.25) is 0 Å². The fourth-order valence-corrected chi connectivity index (χ4v) is 1.68. The Bertz CT molecular complexity index is 328. The van der Waals surface area contributed by atoms with Crippen molar-refractivity contribution in [2.24, 2.45) is 0 Å². The fourth-order valence-electron chi connectivity index (χ4n) is 1.68. The zero-order chi connectivity index (χ0) is 10.8. The van der Waals surface area contributed by atoms with E-state index < -0.39 is 0 Å². The topological polar surface area (TPSA) is 56.3 Å². The van der Waals surface area contributed by atoms with E-state index in [2.05, 4.69) is 23.8 Å². The Hall–Kier alpha value is -1.23. The van der Waals surface area contributed by atoms with Gasteiger partial charge in [-0.15, -0.1) is 0 Å². The van der Waals surface area contributed by atoms with E-state index in [1.54, 1.807) is 0 Å². The normalized spacial score (nSPS) is 17.4. The number of rotatable bonds is 2. The number of nitrogen functional groups attached to an aromatic ring is 1. The molecule has 0 saturated carbocycles. The van der Waals surface area contributed by atoms with Crippen molar-refractivity contribution < 1.29 is 4.74 Å². The lowest BCUT2D eigenvalue weighted by molar-refractivity contribution is 0.122. The number of nitrogens with two attached hydrogens (primary N) is 1. The van der Waals surface area contributed by atoms with E-state index in [0.717, 1.165) is 37.8 Å². The Morgan fingerprint density at radius 2 is 2.07 bits per heavy atom. The third kappa shape index (κ3) is 2.07. The maximum absolute atomic E-state index is 5.94. The summed E-state index contributed by atoms with van der Waals surface area (Å²) in [5.74, 6) is 0.895. The van der Waals surface area contributed by atoms with E-state index >= 15 is 0 Å². The van der Waals surface area contributed by atoms with Crippen LogP contribution in [-0.4, -0.2) is 36.1 Å². The monoisotopic (exact) mass is 210 g/mol. The predicted molar refractivity (Wildman–Crippen MR) is 60.1 cm³/mol. The number of ether oxygens (including phenoxy) is 1. The van der Waals surface area contributed by atoms with Gasteiger partial charge >= 0.3 is 0 Å².